The molecular formula is C15H23NO. The molecule has 0 bridgehead atoms. The molecule has 0 aliphatic heterocycles. The number of nitriles is 1. The number of hydrogen-bond donors (Lipinski definition) is 0. The lowest BCUT2D eigenvalue weighted by molar-refractivity contribution is 0.126. The van der Waals surface area contributed by atoms with Crippen LogP contribution in [0.25, 0.3) is 0 Å². The van der Waals surface area contributed by atoms with Crippen molar-refractivity contribution in [2.75, 3.05) is 6.61 Å². The van der Waals surface area contributed by atoms with Crippen molar-refractivity contribution in [2.45, 2.75) is 53.1 Å². The second kappa shape index (κ2) is 6.02. The smallest absolute Gasteiger partial charge is 0.134 e. The number of ether oxygens (including phenoxy) is 1. The summed E-state index contributed by atoms with van der Waals surface area (Å²) in [6, 6.07) is 1.99. The Kier molecular flexibility index (Phi) is 4.96. The average Bonchev–Trinajstić information content (AvgIpc) is 2.24. The van der Waals surface area contributed by atoms with Gasteiger partial charge in [-0.3, -0.25) is 0 Å². The van der Waals surface area contributed by atoms with Gasteiger partial charge in [-0.15, -0.1) is 0 Å². The van der Waals surface area contributed by atoms with Crippen LogP contribution in [0.5, 0.6) is 0 Å². The van der Waals surface area contributed by atoms with Gasteiger partial charge in [-0.05, 0) is 44.1 Å². The zero-order valence-electron chi connectivity index (χ0n) is 11.4. The van der Waals surface area contributed by atoms with Crippen molar-refractivity contribution in [1.82, 2.24) is 0 Å². The quantitative estimate of drug-likeness (QED) is 0.735. The lowest BCUT2D eigenvalue weighted by Gasteiger charge is -2.33. The Morgan fingerprint density at radius 3 is 2.82 bits per heavy atom. The summed E-state index contributed by atoms with van der Waals surface area (Å²) in [5.41, 5.74) is 3.20. The van der Waals surface area contributed by atoms with Crippen LogP contribution in [-0.2, 0) is 4.74 Å². The highest BCUT2D eigenvalue weighted by Gasteiger charge is 2.26. The molecule has 1 aliphatic carbocycles. The minimum Gasteiger partial charge on any atom is -0.360 e. The molecule has 94 valence electrons. The molecule has 0 N–H and O–H groups in total. The molecule has 0 saturated carbocycles. The molecule has 0 radical (unpaired) electrons. The van der Waals surface area contributed by atoms with Crippen molar-refractivity contribution >= 4 is 0 Å². The highest BCUT2D eigenvalue weighted by atomic mass is 16.5. The lowest BCUT2D eigenvalue weighted by Crippen LogP contribution is -2.19. The fourth-order valence-electron chi connectivity index (χ4n) is 2.47. The minimum absolute atomic E-state index is 0.00711. The monoisotopic (exact) mass is 233 g/mol. The van der Waals surface area contributed by atoms with E-state index in [9.17, 15) is 0 Å². The van der Waals surface area contributed by atoms with Gasteiger partial charge in [0.25, 0.3) is 0 Å². The van der Waals surface area contributed by atoms with Crippen LogP contribution in [0.2, 0.25) is 0 Å². The van der Waals surface area contributed by atoms with Crippen LogP contribution in [0, 0.1) is 16.7 Å². The van der Waals surface area contributed by atoms with Gasteiger partial charge in [0.05, 0.1) is 12.2 Å². The standard InChI is InChI=1S/C15H23NO/c1-12-6-5-9-15(3,4)14(12)8-7-13(2)17-11-10-16/h7-8,13H,5-6,9,11H2,1-4H3. The molecule has 2 heteroatoms. The molecule has 0 aromatic heterocycles. The molecule has 0 saturated heterocycles. The minimum atomic E-state index is 0.00711. The molecule has 2 nitrogen and oxygen atoms in total. The lowest BCUT2D eigenvalue weighted by atomic mass is 9.72. The molecule has 0 heterocycles. The Hall–Kier alpha value is -1.07. The Labute approximate surface area is 105 Å². The predicted molar refractivity (Wildman–Crippen MR) is 70.5 cm³/mol. The van der Waals surface area contributed by atoms with Crippen LogP contribution in [0.3, 0.4) is 0 Å². The average molecular weight is 233 g/mol. The highest BCUT2D eigenvalue weighted by Crippen LogP contribution is 2.40. The van der Waals surface area contributed by atoms with Gasteiger partial charge in [-0.2, -0.15) is 5.26 Å². The van der Waals surface area contributed by atoms with Gasteiger partial charge in [0, 0.05) is 0 Å². The molecule has 0 amide bonds. The number of rotatable bonds is 4. The summed E-state index contributed by atoms with van der Waals surface area (Å²) in [4.78, 5) is 0. The van der Waals surface area contributed by atoms with Crippen LogP contribution >= 0.6 is 0 Å². The molecule has 1 rings (SSSR count). The second-order valence-electron chi connectivity index (χ2n) is 5.46. The van der Waals surface area contributed by atoms with Crippen LogP contribution in [0.4, 0.5) is 0 Å². The van der Waals surface area contributed by atoms with E-state index in [0.29, 0.717) is 0 Å². The largest absolute Gasteiger partial charge is 0.360 e. The molecule has 1 atom stereocenters. The molecular weight excluding hydrogens is 210 g/mol. The van der Waals surface area contributed by atoms with E-state index in [1.807, 2.05) is 13.0 Å². The number of allylic oxidation sites excluding steroid dienone is 3. The first-order valence-corrected chi connectivity index (χ1v) is 6.34. The Morgan fingerprint density at radius 2 is 2.24 bits per heavy atom. The zero-order valence-corrected chi connectivity index (χ0v) is 11.4. The number of hydrogen-bond acceptors (Lipinski definition) is 2. The second-order valence-corrected chi connectivity index (χ2v) is 5.46. The fourth-order valence-corrected chi connectivity index (χ4v) is 2.47. The zero-order chi connectivity index (χ0) is 12.9. The SMILES string of the molecule is CC1=C(C=CC(C)OCC#N)C(C)(C)CCC1. The molecule has 17 heavy (non-hydrogen) atoms. The summed E-state index contributed by atoms with van der Waals surface area (Å²) in [5.74, 6) is 0. The van der Waals surface area contributed by atoms with E-state index in [-0.39, 0.29) is 18.1 Å². The van der Waals surface area contributed by atoms with Gasteiger partial charge in [0.15, 0.2) is 0 Å². The molecule has 1 aliphatic rings. The van der Waals surface area contributed by atoms with E-state index in [1.165, 1.54) is 30.4 Å². The van der Waals surface area contributed by atoms with Crippen molar-refractivity contribution in [3.8, 4) is 6.07 Å². The maximum Gasteiger partial charge on any atom is 0.134 e. The third-order valence-electron chi connectivity index (χ3n) is 3.49. The van der Waals surface area contributed by atoms with E-state index >= 15 is 0 Å². The van der Waals surface area contributed by atoms with Gasteiger partial charge >= 0.3 is 0 Å². The van der Waals surface area contributed by atoms with E-state index < -0.39 is 0 Å². The fraction of sp³-hybridized carbons (Fsp3) is 0.667. The summed E-state index contributed by atoms with van der Waals surface area (Å²) in [7, 11) is 0. The van der Waals surface area contributed by atoms with Gasteiger partial charge in [0.1, 0.15) is 6.61 Å². The highest BCUT2D eigenvalue weighted by molar-refractivity contribution is 5.32. The Balaban J connectivity index is 2.72. The van der Waals surface area contributed by atoms with E-state index in [1.54, 1.807) is 0 Å². The van der Waals surface area contributed by atoms with Gasteiger partial charge in [0.2, 0.25) is 0 Å². The predicted octanol–water partition coefficient (Wildman–Crippen LogP) is 4.00. The Morgan fingerprint density at radius 1 is 1.53 bits per heavy atom. The topological polar surface area (TPSA) is 33.0 Å². The van der Waals surface area contributed by atoms with E-state index in [4.69, 9.17) is 10.00 Å². The van der Waals surface area contributed by atoms with Crippen LogP contribution in [0.15, 0.2) is 23.3 Å². The number of nitrogens with zero attached hydrogens (tertiary/aromatic N) is 1. The molecule has 1 unspecified atom stereocenters. The van der Waals surface area contributed by atoms with Crippen molar-refractivity contribution in [2.24, 2.45) is 5.41 Å². The van der Waals surface area contributed by atoms with Gasteiger partial charge < -0.3 is 4.74 Å². The first-order valence-electron chi connectivity index (χ1n) is 6.34. The summed E-state index contributed by atoms with van der Waals surface area (Å²) in [6.45, 7) is 8.96. The molecule has 0 fully saturated rings. The summed E-state index contributed by atoms with van der Waals surface area (Å²) in [5, 5.41) is 8.45. The summed E-state index contributed by atoms with van der Waals surface area (Å²) >= 11 is 0. The van der Waals surface area contributed by atoms with Crippen molar-refractivity contribution in [3.05, 3.63) is 23.3 Å². The van der Waals surface area contributed by atoms with E-state index in [2.05, 4.69) is 32.9 Å². The third-order valence-corrected chi connectivity index (χ3v) is 3.49. The van der Waals surface area contributed by atoms with Gasteiger partial charge in [-0.1, -0.05) is 31.6 Å². The normalized spacial score (nSPS) is 21.6. The van der Waals surface area contributed by atoms with Gasteiger partial charge in [-0.25, -0.2) is 0 Å². The van der Waals surface area contributed by atoms with Crippen LogP contribution in [-0.4, -0.2) is 12.7 Å². The van der Waals surface area contributed by atoms with Crippen LogP contribution in [0.1, 0.15) is 47.0 Å². The third kappa shape index (κ3) is 4.02. The summed E-state index contributed by atoms with van der Waals surface area (Å²) in [6.07, 6.45) is 8.00. The van der Waals surface area contributed by atoms with Crippen molar-refractivity contribution < 1.29 is 4.74 Å². The maximum absolute atomic E-state index is 8.45. The van der Waals surface area contributed by atoms with E-state index in [0.717, 1.165) is 0 Å². The molecule has 0 aromatic carbocycles. The Bertz CT molecular complexity index is 358. The van der Waals surface area contributed by atoms with Crippen molar-refractivity contribution in [3.63, 3.8) is 0 Å². The van der Waals surface area contributed by atoms with Crippen molar-refractivity contribution in [1.29, 1.82) is 5.26 Å². The first-order chi connectivity index (χ1) is 7.97. The molecule has 0 spiro atoms. The summed E-state index contributed by atoms with van der Waals surface area (Å²) < 4.78 is 5.32. The van der Waals surface area contributed by atoms with Crippen LogP contribution < -0.4 is 0 Å². The molecule has 0 aromatic rings. The first kappa shape index (κ1) is 14.0. The maximum atomic E-state index is 8.45.